The normalized spacial score (nSPS) is 21.2. The number of hydrogen-bond acceptors (Lipinski definition) is 6. The highest BCUT2D eigenvalue weighted by molar-refractivity contribution is 7.07. The molecule has 2 aliphatic rings. The van der Waals surface area contributed by atoms with Crippen molar-refractivity contribution in [2.75, 3.05) is 19.6 Å². The second-order valence-corrected chi connectivity index (χ2v) is 9.77. The highest BCUT2D eigenvalue weighted by Gasteiger charge is 2.56. The lowest BCUT2D eigenvalue weighted by Gasteiger charge is -2.25. The number of carbonyl (C=O) groups excluding carboxylic acids is 1. The SMILES string of the molecule is O=C(Oc1cscn1)N(Cc1cccc(OC(F)(F)F)c1)CC1C2CN(Cc3ccccc3F)CC21. The summed E-state index contributed by atoms with van der Waals surface area (Å²) in [7, 11) is 0. The van der Waals surface area contributed by atoms with Crippen LogP contribution in [0.3, 0.4) is 0 Å². The van der Waals surface area contributed by atoms with Crippen molar-refractivity contribution >= 4 is 17.4 Å². The van der Waals surface area contributed by atoms with Gasteiger partial charge < -0.3 is 14.4 Å². The van der Waals surface area contributed by atoms with Gasteiger partial charge in [-0.25, -0.2) is 14.2 Å². The molecule has 1 amide bonds. The zero-order chi connectivity index (χ0) is 25.3. The molecule has 1 aromatic heterocycles. The van der Waals surface area contributed by atoms with Gasteiger partial charge in [-0.15, -0.1) is 24.5 Å². The van der Waals surface area contributed by atoms with E-state index in [1.807, 2.05) is 6.07 Å². The molecule has 6 nitrogen and oxygen atoms in total. The molecule has 3 aromatic rings. The number of piperidine rings is 1. The van der Waals surface area contributed by atoms with Crippen molar-refractivity contribution in [1.82, 2.24) is 14.8 Å². The van der Waals surface area contributed by atoms with Gasteiger partial charge in [-0.3, -0.25) is 4.90 Å². The van der Waals surface area contributed by atoms with Crippen LogP contribution in [0, 0.1) is 23.6 Å². The zero-order valence-corrected chi connectivity index (χ0v) is 19.8. The van der Waals surface area contributed by atoms with Gasteiger partial charge in [-0.05, 0) is 41.5 Å². The smallest absolute Gasteiger partial charge is 0.406 e. The van der Waals surface area contributed by atoms with Gasteiger partial charge in [0.1, 0.15) is 11.6 Å². The van der Waals surface area contributed by atoms with E-state index in [1.54, 1.807) is 29.1 Å². The average molecular weight is 522 g/mol. The minimum absolute atomic E-state index is 0.0624. The van der Waals surface area contributed by atoms with Gasteiger partial charge in [0.2, 0.25) is 5.88 Å². The van der Waals surface area contributed by atoms with Crippen molar-refractivity contribution in [3.8, 4) is 11.6 Å². The fourth-order valence-corrected chi connectivity index (χ4v) is 5.38. The Bertz CT molecular complexity index is 1200. The Labute approximate surface area is 209 Å². The molecule has 1 aliphatic heterocycles. The van der Waals surface area contributed by atoms with Crippen LogP contribution in [-0.4, -0.2) is 46.9 Å². The predicted octanol–water partition coefficient (Wildman–Crippen LogP) is 5.56. The average Bonchev–Trinajstić information content (AvgIpc) is 3.18. The van der Waals surface area contributed by atoms with Crippen molar-refractivity contribution in [2.24, 2.45) is 17.8 Å². The Kier molecular flexibility index (Phi) is 6.85. The number of carbonyl (C=O) groups is 1. The summed E-state index contributed by atoms with van der Waals surface area (Å²) < 4.78 is 61.3. The number of halogens is 4. The Morgan fingerprint density at radius 1 is 1.14 bits per heavy atom. The minimum atomic E-state index is -4.80. The summed E-state index contributed by atoms with van der Waals surface area (Å²) in [4.78, 5) is 20.6. The van der Waals surface area contributed by atoms with Crippen molar-refractivity contribution < 1.29 is 31.8 Å². The second kappa shape index (κ2) is 10.1. The van der Waals surface area contributed by atoms with Crippen LogP contribution in [0.4, 0.5) is 22.4 Å². The molecule has 11 heteroatoms. The van der Waals surface area contributed by atoms with Crippen molar-refractivity contribution in [3.05, 3.63) is 76.4 Å². The number of hydrogen-bond donors (Lipinski definition) is 0. The zero-order valence-electron chi connectivity index (χ0n) is 19.0. The molecule has 1 saturated carbocycles. The van der Waals surface area contributed by atoms with Crippen LogP contribution in [0.15, 0.2) is 59.4 Å². The quantitative estimate of drug-likeness (QED) is 0.364. The maximum atomic E-state index is 14.0. The van der Waals surface area contributed by atoms with E-state index in [-0.39, 0.29) is 29.9 Å². The first-order valence-corrected chi connectivity index (χ1v) is 12.3. The van der Waals surface area contributed by atoms with Gasteiger partial charge in [0.25, 0.3) is 0 Å². The van der Waals surface area contributed by atoms with Crippen LogP contribution in [-0.2, 0) is 13.1 Å². The molecular weight excluding hydrogens is 498 g/mol. The number of likely N-dealkylation sites (tertiary alicyclic amines) is 1. The number of fused-ring (bicyclic) bond motifs is 1. The van der Waals surface area contributed by atoms with E-state index in [2.05, 4.69) is 14.6 Å². The number of ether oxygens (including phenoxy) is 2. The summed E-state index contributed by atoms with van der Waals surface area (Å²) in [6, 6.07) is 12.3. The third kappa shape index (κ3) is 5.96. The van der Waals surface area contributed by atoms with Gasteiger partial charge in [0.15, 0.2) is 0 Å². The third-order valence-electron chi connectivity index (χ3n) is 6.60. The van der Waals surface area contributed by atoms with E-state index in [4.69, 9.17) is 4.74 Å². The first-order chi connectivity index (χ1) is 17.2. The number of amides is 1. The van der Waals surface area contributed by atoms with Crippen LogP contribution in [0.1, 0.15) is 11.1 Å². The van der Waals surface area contributed by atoms with Gasteiger partial charge in [-0.1, -0.05) is 30.3 Å². The number of nitrogens with zero attached hydrogens (tertiary/aromatic N) is 3. The van der Waals surface area contributed by atoms with Gasteiger partial charge in [0.05, 0.1) is 10.9 Å². The fraction of sp³-hybridized carbons (Fsp3) is 0.360. The Morgan fingerprint density at radius 3 is 2.61 bits per heavy atom. The number of benzene rings is 2. The highest BCUT2D eigenvalue weighted by Crippen LogP contribution is 2.52. The highest BCUT2D eigenvalue weighted by atomic mass is 32.1. The summed E-state index contributed by atoms with van der Waals surface area (Å²) in [5.41, 5.74) is 2.68. The minimum Gasteiger partial charge on any atom is -0.406 e. The van der Waals surface area contributed by atoms with Crippen molar-refractivity contribution in [1.29, 1.82) is 0 Å². The number of thiazole rings is 1. The topological polar surface area (TPSA) is 54.9 Å². The Morgan fingerprint density at radius 2 is 1.92 bits per heavy atom. The van der Waals surface area contributed by atoms with Gasteiger partial charge in [0, 0.05) is 38.3 Å². The molecule has 2 fully saturated rings. The molecule has 2 aromatic carbocycles. The van der Waals surface area contributed by atoms with Crippen LogP contribution >= 0.6 is 11.3 Å². The molecule has 1 aliphatic carbocycles. The van der Waals surface area contributed by atoms with E-state index < -0.39 is 12.5 Å². The molecule has 0 radical (unpaired) electrons. The summed E-state index contributed by atoms with van der Waals surface area (Å²) in [5.74, 6) is 0.579. The van der Waals surface area contributed by atoms with Crippen LogP contribution in [0.25, 0.3) is 0 Å². The van der Waals surface area contributed by atoms with E-state index in [1.165, 1.54) is 40.5 Å². The van der Waals surface area contributed by atoms with E-state index in [9.17, 15) is 22.4 Å². The van der Waals surface area contributed by atoms with Crippen molar-refractivity contribution in [3.63, 3.8) is 0 Å². The maximum absolute atomic E-state index is 14.0. The fourth-order valence-electron chi connectivity index (χ4n) is 4.93. The van der Waals surface area contributed by atoms with E-state index in [0.717, 1.165) is 13.1 Å². The molecule has 2 unspecified atom stereocenters. The van der Waals surface area contributed by atoms with Gasteiger partial charge in [-0.2, -0.15) is 0 Å². The lowest BCUT2D eigenvalue weighted by molar-refractivity contribution is -0.274. The number of rotatable bonds is 8. The van der Waals surface area contributed by atoms with E-state index in [0.29, 0.717) is 36.1 Å². The molecule has 190 valence electrons. The molecule has 0 bridgehead atoms. The summed E-state index contributed by atoms with van der Waals surface area (Å²) in [6.45, 7) is 2.60. The Hall–Kier alpha value is -3.18. The van der Waals surface area contributed by atoms with Crippen LogP contribution in [0.2, 0.25) is 0 Å². The summed E-state index contributed by atoms with van der Waals surface area (Å²) in [5, 5.41) is 1.60. The molecule has 0 spiro atoms. The molecule has 1 saturated heterocycles. The van der Waals surface area contributed by atoms with E-state index >= 15 is 0 Å². The van der Waals surface area contributed by atoms with Gasteiger partial charge >= 0.3 is 12.5 Å². The molecule has 0 N–H and O–H groups in total. The first-order valence-electron chi connectivity index (χ1n) is 11.4. The summed E-state index contributed by atoms with van der Waals surface area (Å²) in [6.07, 6.45) is -5.42. The molecule has 2 atom stereocenters. The monoisotopic (exact) mass is 521 g/mol. The lowest BCUT2D eigenvalue weighted by Crippen LogP contribution is -2.36. The second-order valence-electron chi connectivity index (χ2n) is 9.05. The molecule has 2 heterocycles. The number of aromatic nitrogens is 1. The summed E-state index contributed by atoms with van der Waals surface area (Å²) >= 11 is 1.28. The predicted molar refractivity (Wildman–Crippen MR) is 124 cm³/mol. The molecule has 36 heavy (non-hydrogen) atoms. The lowest BCUT2D eigenvalue weighted by atomic mass is 10.1. The Balaban J connectivity index is 1.23. The first kappa shape index (κ1) is 24.5. The molecular formula is C25H23F4N3O3S. The maximum Gasteiger partial charge on any atom is 0.573 e. The van der Waals surface area contributed by atoms with Crippen molar-refractivity contribution in [2.45, 2.75) is 19.5 Å². The van der Waals surface area contributed by atoms with Crippen LogP contribution in [0.5, 0.6) is 11.6 Å². The number of alkyl halides is 3. The third-order valence-corrected chi connectivity index (χ3v) is 7.16. The largest absolute Gasteiger partial charge is 0.573 e. The molecule has 5 rings (SSSR count). The standard InChI is InChI=1S/C25H23F4N3O3S/c26-22-7-2-1-5-17(22)10-31-11-19-20(12-31)21(19)13-32(24(33)34-23-14-36-15-30-23)9-16-4-3-6-18(8-16)35-25(27,28)29/h1-8,14-15,19-21H,9-13H2. The van der Waals surface area contributed by atoms with Crippen LogP contribution < -0.4 is 9.47 Å².